The van der Waals surface area contributed by atoms with Crippen LogP contribution in [0.1, 0.15) is 206 Å². The Hall–Kier alpha value is -4.11. The highest BCUT2D eigenvalue weighted by Crippen LogP contribution is 2.43. The fourth-order valence-electron chi connectivity index (χ4n) is 7.04. The lowest BCUT2D eigenvalue weighted by Gasteiger charge is -2.19. The van der Waals surface area contributed by atoms with Gasteiger partial charge in [0.1, 0.15) is 6.61 Å². The monoisotopic (exact) mass is 1030 g/mol. The average Bonchev–Trinajstić information content (AvgIpc) is 3.38. The van der Waals surface area contributed by atoms with Crippen molar-refractivity contribution in [3.63, 3.8) is 0 Å². The average molecular weight is 1030 g/mol. The second kappa shape index (κ2) is 57.2. The van der Waals surface area contributed by atoms with E-state index in [0.29, 0.717) is 12.8 Å². The number of hydrogen-bond donors (Lipinski definition) is 2. The number of esters is 2. The molecule has 2 unspecified atom stereocenters. The molecular formula is C63H102NO8P. The minimum atomic E-state index is -4.40. The van der Waals surface area contributed by atoms with E-state index < -0.39 is 32.5 Å². The van der Waals surface area contributed by atoms with Crippen molar-refractivity contribution in [2.75, 3.05) is 26.4 Å². The third-order valence-electron chi connectivity index (χ3n) is 11.2. The quantitative estimate of drug-likeness (QED) is 0.0264. The van der Waals surface area contributed by atoms with Crippen LogP contribution >= 0.6 is 7.82 Å². The zero-order valence-electron chi connectivity index (χ0n) is 45.8. The molecular weight excluding hydrogens is 930 g/mol. The molecule has 0 rings (SSSR count). The third kappa shape index (κ3) is 57.0. The topological polar surface area (TPSA) is 134 Å². The van der Waals surface area contributed by atoms with Crippen LogP contribution in [0.5, 0.6) is 0 Å². The van der Waals surface area contributed by atoms with Crippen molar-refractivity contribution in [1.29, 1.82) is 0 Å². The van der Waals surface area contributed by atoms with Crippen molar-refractivity contribution in [1.82, 2.24) is 0 Å². The van der Waals surface area contributed by atoms with Gasteiger partial charge < -0.3 is 20.1 Å². The Morgan fingerprint density at radius 1 is 0.425 bits per heavy atom. The molecule has 0 aromatic rings. The first-order valence-corrected chi connectivity index (χ1v) is 29.8. The van der Waals surface area contributed by atoms with Crippen molar-refractivity contribution < 1.29 is 37.6 Å². The van der Waals surface area contributed by atoms with Gasteiger partial charge in [-0.15, -0.1) is 0 Å². The number of nitrogens with two attached hydrogens (primary N) is 1. The summed E-state index contributed by atoms with van der Waals surface area (Å²) in [6.45, 7) is 3.54. The van der Waals surface area contributed by atoms with Gasteiger partial charge in [-0.1, -0.05) is 217 Å². The van der Waals surface area contributed by atoms with Gasteiger partial charge in [0.2, 0.25) is 0 Å². The van der Waals surface area contributed by atoms with E-state index in [4.69, 9.17) is 24.3 Å². The maximum atomic E-state index is 12.7. The van der Waals surface area contributed by atoms with E-state index >= 15 is 0 Å². The number of carbonyl (C=O) groups is 2. The van der Waals surface area contributed by atoms with E-state index in [1.165, 1.54) is 25.7 Å². The Morgan fingerprint density at radius 3 is 1.12 bits per heavy atom. The fraction of sp³-hybridized carbons (Fsp3) is 0.587. The summed E-state index contributed by atoms with van der Waals surface area (Å²) in [5, 5.41) is 0. The molecule has 0 heterocycles. The van der Waals surface area contributed by atoms with E-state index in [9.17, 15) is 19.0 Å². The van der Waals surface area contributed by atoms with Crippen molar-refractivity contribution in [3.05, 3.63) is 146 Å². The van der Waals surface area contributed by atoms with Crippen molar-refractivity contribution in [2.24, 2.45) is 5.73 Å². The molecule has 0 aliphatic heterocycles. The van der Waals surface area contributed by atoms with Gasteiger partial charge in [-0.3, -0.25) is 18.6 Å². The van der Waals surface area contributed by atoms with Gasteiger partial charge in [0, 0.05) is 19.4 Å². The number of ether oxygens (including phenoxy) is 2. The van der Waals surface area contributed by atoms with Crippen LogP contribution < -0.4 is 5.73 Å². The second-order valence-electron chi connectivity index (χ2n) is 18.1. The molecule has 10 heteroatoms. The third-order valence-corrected chi connectivity index (χ3v) is 12.2. The minimum absolute atomic E-state index is 0.0410. The van der Waals surface area contributed by atoms with Crippen LogP contribution in [0.4, 0.5) is 0 Å². The van der Waals surface area contributed by atoms with E-state index in [1.54, 1.807) is 0 Å². The zero-order valence-corrected chi connectivity index (χ0v) is 46.7. The standard InChI is InChI=1S/C63H102NO8P/c1-3-5-7-9-11-13-15-17-19-20-21-22-23-24-25-26-27-28-29-30-31-32-33-34-35-36-37-38-39-40-42-44-46-48-50-52-54-56-63(66)72-61(60-71-73(67,68)70-58-57-64)59-69-62(65)55-53-51-49-47-45-43-41-18-16-14-12-10-8-6-4-2/h5,7,11-14,17-19,21-22,24-25,27-28,30-31,33-34,36-37,39-41,61H,3-4,6,8-10,15-16,20,23,26,29,32,35,38,42-60,64H2,1-2H3,(H,67,68)/b7-5-,13-11-,14-12-,19-17-,22-21-,25-24-,28-27-,31-30-,34-33-,37-36-,40-39-,41-18-. The number of unbranched alkanes of at least 4 members (excludes halogenated alkanes) is 14. The smallest absolute Gasteiger partial charge is 0.462 e. The Morgan fingerprint density at radius 2 is 0.753 bits per heavy atom. The summed E-state index contributed by atoms with van der Waals surface area (Å²) in [5.41, 5.74) is 5.37. The Balaban J connectivity index is 4.07. The van der Waals surface area contributed by atoms with Crippen LogP contribution in [0, 0.1) is 0 Å². The molecule has 0 bridgehead atoms. The number of carbonyl (C=O) groups excluding carboxylic acids is 2. The largest absolute Gasteiger partial charge is 0.472 e. The fourth-order valence-corrected chi connectivity index (χ4v) is 7.81. The van der Waals surface area contributed by atoms with Gasteiger partial charge >= 0.3 is 19.8 Å². The molecule has 0 spiro atoms. The molecule has 73 heavy (non-hydrogen) atoms. The maximum Gasteiger partial charge on any atom is 0.472 e. The van der Waals surface area contributed by atoms with Crippen molar-refractivity contribution in [2.45, 2.75) is 213 Å². The molecule has 0 radical (unpaired) electrons. The van der Waals surface area contributed by atoms with Crippen LogP contribution in [0.15, 0.2) is 146 Å². The second-order valence-corrected chi connectivity index (χ2v) is 19.5. The van der Waals surface area contributed by atoms with E-state index in [-0.39, 0.29) is 32.6 Å². The molecule has 0 saturated carbocycles. The SMILES string of the molecule is CC/C=C\C/C=C\C/C=C\C/C=C\C/C=C\C/C=C\C/C=C\C/C=C\C/C=C\C/C=C\CCCCCCCCC(=O)OC(COC(=O)CCCCCCC/C=C\C/C=C\CCCCC)COP(=O)(O)OCCN. The maximum absolute atomic E-state index is 12.7. The minimum Gasteiger partial charge on any atom is -0.462 e. The first kappa shape index (κ1) is 68.9. The lowest BCUT2D eigenvalue weighted by atomic mass is 10.1. The highest BCUT2D eigenvalue weighted by molar-refractivity contribution is 7.47. The molecule has 2 atom stereocenters. The van der Waals surface area contributed by atoms with Crippen LogP contribution in [-0.2, 0) is 32.7 Å². The normalized spacial score (nSPS) is 14.2. The molecule has 0 saturated heterocycles. The van der Waals surface area contributed by atoms with Crippen LogP contribution in [0.2, 0.25) is 0 Å². The first-order chi connectivity index (χ1) is 35.8. The molecule has 0 fully saturated rings. The first-order valence-electron chi connectivity index (χ1n) is 28.3. The highest BCUT2D eigenvalue weighted by atomic mass is 31.2. The Bertz CT molecular complexity index is 1700. The molecule has 412 valence electrons. The molecule has 0 aromatic carbocycles. The lowest BCUT2D eigenvalue weighted by molar-refractivity contribution is -0.161. The summed E-state index contributed by atoms with van der Waals surface area (Å²) in [4.78, 5) is 35.1. The molecule has 0 aliphatic rings. The summed E-state index contributed by atoms with van der Waals surface area (Å²) < 4.78 is 32.9. The van der Waals surface area contributed by atoms with Crippen molar-refractivity contribution >= 4 is 19.8 Å². The molecule has 3 N–H and O–H groups in total. The summed E-state index contributed by atoms with van der Waals surface area (Å²) in [7, 11) is -4.40. The number of phosphoric ester groups is 1. The van der Waals surface area contributed by atoms with E-state index in [1.807, 2.05) is 0 Å². The van der Waals surface area contributed by atoms with Crippen LogP contribution in [0.3, 0.4) is 0 Å². The predicted octanol–water partition coefficient (Wildman–Crippen LogP) is 18.0. The predicted molar refractivity (Wildman–Crippen MR) is 311 cm³/mol. The zero-order chi connectivity index (χ0) is 53.1. The van der Waals surface area contributed by atoms with Crippen LogP contribution in [0.25, 0.3) is 0 Å². The highest BCUT2D eigenvalue weighted by Gasteiger charge is 2.26. The van der Waals surface area contributed by atoms with Gasteiger partial charge in [0.15, 0.2) is 6.10 Å². The Labute approximate surface area is 446 Å². The number of allylic oxidation sites excluding steroid dienone is 24. The Kier molecular flexibility index (Phi) is 54.0. The summed E-state index contributed by atoms with van der Waals surface area (Å²) in [6.07, 6.45) is 81.8. The van der Waals surface area contributed by atoms with Gasteiger partial charge in [0.25, 0.3) is 0 Å². The summed E-state index contributed by atoms with van der Waals surface area (Å²) in [6, 6.07) is 0. The number of rotatable bonds is 51. The molecule has 0 aromatic heterocycles. The van der Waals surface area contributed by atoms with Gasteiger partial charge in [-0.2, -0.15) is 0 Å². The van der Waals surface area contributed by atoms with Gasteiger partial charge in [-0.05, 0) is 122 Å². The molecule has 9 nitrogen and oxygen atoms in total. The van der Waals surface area contributed by atoms with Crippen LogP contribution in [-0.4, -0.2) is 49.3 Å². The van der Waals surface area contributed by atoms with E-state index in [0.717, 1.165) is 141 Å². The number of phosphoric acid groups is 1. The lowest BCUT2D eigenvalue weighted by Crippen LogP contribution is -2.29. The van der Waals surface area contributed by atoms with Gasteiger partial charge in [-0.25, -0.2) is 4.57 Å². The van der Waals surface area contributed by atoms with E-state index in [2.05, 4.69) is 160 Å². The number of hydrogen-bond acceptors (Lipinski definition) is 8. The van der Waals surface area contributed by atoms with Crippen molar-refractivity contribution in [3.8, 4) is 0 Å². The summed E-state index contributed by atoms with van der Waals surface area (Å²) in [5.74, 6) is -0.873. The summed E-state index contributed by atoms with van der Waals surface area (Å²) >= 11 is 0. The molecule has 0 aliphatic carbocycles. The molecule has 0 amide bonds. The van der Waals surface area contributed by atoms with Gasteiger partial charge in [0.05, 0.1) is 13.2 Å².